The number of ether oxygens (including phenoxy) is 1. The molecule has 0 saturated carbocycles. The number of hydrogen-bond acceptors (Lipinski definition) is 5. The molecule has 1 atom stereocenters. The van der Waals surface area contributed by atoms with E-state index in [9.17, 15) is 4.79 Å². The highest BCUT2D eigenvalue weighted by Gasteiger charge is 2.46. The summed E-state index contributed by atoms with van der Waals surface area (Å²) in [5.41, 5.74) is 2.57. The number of hydrogen-bond donors (Lipinski definition) is 0. The van der Waals surface area contributed by atoms with Crippen molar-refractivity contribution in [2.24, 2.45) is 0 Å². The van der Waals surface area contributed by atoms with Gasteiger partial charge in [-0.15, -0.1) is 0 Å². The average Bonchev–Trinajstić information content (AvgIpc) is 3.06. The Balaban J connectivity index is 1.65. The Morgan fingerprint density at radius 2 is 2.08 bits per heavy atom. The summed E-state index contributed by atoms with van der Waals surface area (Å²) in [4.78, 5) is 25.8. The van der Waals surface area contributed by atoms with E-state index in [2.05, 4.69) is 4.98 Å². The summed E-state index contributed by atoms with van der Waals surface area (Å²) >= 11 is 0. The van der Waals surface area contributed by atoms with E-state index >= 15 is 0 Å². The highest BCUT2D eigenvalue weighted by atomic mass is 16.5. The number of rotatable bonds is 2. The fraction of sp³-hybridized carbons (Fsp3) is 0.421. The number of fused-ring (bicyclic) bond motifs is 2. The van der Waals surface area contributed by atoms with Crippen LogP contribution >= 0.6 is 0 Å². The predicted molar refractivity (Wildman–Crippen MR) is 94.7 cm³/mol. The molecule has 3 heterocycles. The Hall–Kier alpha value is -2.47. The van der Waals surface area contributed by atoms with Crippen LogP contribution in [0, 0.1) is 0 Å². The second kappa shape index (κ2) is 6.11. The van der Waals surface area contributed by atoms with Crippen LogP contribution in [0.4, 0.5) is 5.95 Å². The number of carbonyl (C=O) groups excluding carboxylic acids is 1. The number of aromatic nitrogens is 2. The van der Waals surface area contributed by atoms with Crippen molar-refractivity contribution in [3.8, 4) is 0 Å². The minimum absolute atomic E-state index is 0.0755. The van der Waals surface area contributed by atoms with E-state index in [1.807, 2.05) is 60.4 Å². The highest BCUT2D eigenvalue weighted by Crippen LogP contribution is 2.39. The zero-order chi connectivity index (χ0) is 17.4. The summed E-state index contributed by atoms with van der Waals surface area (Å²) in [6, 6.07) is 9.45. The molecule has 2 aliphatic heterocycles. The maximum absolute atomic E-state index is 12.8. The molecule has 0 N–H and O–H groups in total. The van der Waals surface area contributed by atoms with Crippen molar-refractivity contribution < 1.29 is 9.53 Å². The fourth-order valence-electron chi connectivity index (χ4n) is 3.72. The number of nitrogens with zero attached hydrogens (tertiary/aromatic N) is 4. The molecule has 1 aromatic heterocycles. The standard InChI is InChI=1S/C19H22N4O2/c1-22(2)18-20-10-15-11-25-13-19(16(15)21-18)8-9-23(12-19)17(24)14-6-4-3-5-7-14/h3-7,10H,8-9,11-13H2,1-2H3/t19-/m0/s1. The van der Waals surface area contributed by atoms with Crippen LogP contribution in [0.15, 0.2) is 36.5 Å². The molecule has 6 heteroatoms. The number of carbonyl (C=O) groups is 1. The summed E-state index contributed by atoms with van der Waals surface area (Å²) in [6.07, 6.45) is 2.72. The van der Waals surface area contributed by atoms with Gasteiger partial charge in [-0.1, -0.05) is 18.2 Å². The molecule has 0 radical (unpaired) electrons. The third kappa shape index (κ3) is 2.76. The lowest BCUT2D eigenvalue weighted by Gasteiger charge is -2.34. The SMILES string of the molecule is CN(C)c1ncc2c(n1)[C@]1(CCN(C(=O)c3ccccc3)C1)COC2. The Morgan fingerprint density at radius 3 is 2.84 bits per heavy atom. The minimum Gasteiger partial charge on any atom is -0.376 e. The normalized spacial score (nSPS) is 22.1. The van der Waals surface area contributed by atoms with Gasteiger partial charge >= 0.3 is 0 Å². The average molecular weight is 338 g/mol. The summed E-state index contributed by atoms with van der Waals surface area (Å²) in [5, 5.41) is 0. The van der Waals surface area contributed by atoms with Gasteiger partial charge in [-0.25, -0.2) is 9.97 Å². The van der Waals surface area contributed by atoms with Crippen molar-refractivity contribution in [2.75, 3.05) is 38.7 Å². The minimum atomic E-state index is -0.230. The zero-order valence-electron chi connectivity index (χ0n) is 14.6. The molecular weight excluding hydrogens is 316 g/mol. The predicted octanol–water partition coefficient (Wildman–Crippen LogP) is 1.86. The third-order valence-corrected chi connectivity index (χ3v) is 5.05. The van der Waals surface area contributed by atoms with Crippen molar-refractivity contribution in [3.63, 3.8) is 0 Å². The summed E-state index contributed by atoms with van der Waals surface area (Å²) in [6.45, 7) is 2.50. The molecule has 1 aromatic carbocycles. The lowest BCUT2D eigenvalue weighted by atomic mass is 9.80. The molecule has 2 aromatic rings. The quantitative estimate of drug-likeness (QED) is 0.836. The first kappa shape index (κ1) is 16.0. The van der Waals surface area contributed by atoms with Crippen molar-refractivity contribution in [3.05, 3.63) is 53.3 Å². The van der Waals surface area contributed by atoms with Crippen LogP contribution < -0.4 is 4.90 Å². The lowest BCUT2D eigenvalue weighted by molar-refractivity contribution is 0.0485. The topological polar surface area (TPSA) is 58.6 Å². The van der Waals surface area contributed by atoms with Gasteiger partial charge in [-0.3, -0.25) is 4.79 Å². The van der Waals surface area contributed by atoms with E-state index < -0.39 is 0 Å². The zero-order valence-corrected chi connectivity index (χ0v) is 14.6. The van der Waals surface area contributed by atoms with Crippen molar-refractivity contribution >= 4 is 11.9 Å². The number of likely N-dealkylation sites (tertiary alicyclic amines) is 1. The van der Waals surface area contributed by atoms with Crippen LogP contribution in [0.25, 0.3) is 0 Å². The smallest absolute Gasteiger partial charge is 0.253 e. The van der Waals surface area contributed by atoms with Crippen molar-refractivity contribution in [1.29, 1.82) is 0 Å². The van der Waals surface area contributed by atoms with Crippen LogP contribution in [0.5, 0.6) is 0 Å². The molecule has 25 heavy (non-hydrogen) atoms. The molecular formula is C19H22N4O2. The van der Waals surface area contributed by atoms with E-state index in [0.717, 1.165) is 29.8 Å². The first-order chi connectivity index (χ1) is 12.1. The molecule has 1 fully saturated rings. The first-order valence-corrected chi connectivity index (χ1v) is 8.55. The van der Waals surface area contributed by atoms with Gasteiger partial charge in [-0.2, -0.15) is 0 Å². The third-order valence-electron chi connectivity index (χ3n) is 5.05. The molecule has 0 aliphatic carbocycles. The van der Waals surface area contributed by atoms with E-state index in [0.29, 0.717) is 25.7 Å². The van der Waals surface area contributed by atoms with Crippen LogP contribution in [0.2, 0.25) is 0 Å². The number of amides is 1. The fourth-order valence-corrected chi connectivity index (χ4v) is 3.72. The molecule has 1 amide bonds. The molecule has 2 aliphatic rings. The maximum atomic E-state index is 12.8. The molecule has 1 spiro atoms. The number of benzene rings is 1. The van der Waals surface area contributed by atoms with Crippen molar-refractivity contribution in [1.82, 2.24) is 14.9 Å². The van der Waals surface area contributed by atoms with E-state index in [1.54, 1.807) is 0 Å². The monoisotopic (exact) mass is 338 g/mol. The van der Waals surface area contributed by atoms with E-state index in [-0.39, 0.29) is 11.3 Å². The van der Waals surface area contributed by atoms with Crippen molar-refractivity contribution in [2.45, 2.75) is 18.4 Å². The lowest BCUT2D eigenvalue weighted by Crippen LogP contribution is -2.42. The van der Waals surface area contributed by atoms with Crippen LogP contribution in [-0.2, 0) is 16.8 Å². The van der Waals surface area contributed by atoms with Gasteiger partial charge in [0.25, 0.3) is 5.91 Å². The van der Waals surface area contributed by atoms with Gasteiger partial charge in [0.15, 0.2) is 0 Å². The van der Waals surface area contributed by atoms with Gasteiger partial charge in [-0.05, 0) is 18.6 Å². The van der Waals surface area contributed by atoms with E-state index in [4.69, 9.17) is 9.72 Å². The molecule has 1 saturated heterocycles. The Morgan fingerprint density at radius 1 is 1.28 bits per heavy atom. The molecule has 4 rings (SSSR count). The second-order valence-electron chi connectivity index (χ2n) is 7.05. The van der Waals surface area contributed by atoms with Crippen LogP contribution in [0.3, 0.4) is 0 Å². The van der Waals surface area contributed by atoms with Gasteiger partial charge in [0, 0.05) is 44.5 Å². The largest absolute Gasteiger partial charge is 0.376 e. The van der Waals surface area contributed by atoms with Gasteiger partial charge in [0.2, 0.25) is 5.95 Å². The summed E-state index contributed by atoms with van der Waals surface area (Å²) in [7, 11) is 3.88. The molecule has 0 bridgehead atoms. The molecule has 130 valence electrons. The van der Waals surface area contributed by atoms with Crippen LogP contribution in [0.1, 0.15) is 28.0 Å². The van der Waals surface area contributed by atoms with Gasteiger partial charge < -0.3 is 14.5 Å². The Bertz CT molecular complexity index is 793. The Labute approximate surface area is 147 Å². The number of anilines is 1. The second-order valence-corrected chi connectivity index (χ2v) is 7.05. The Kier molecular flexibility index (Phi) is 3.92. The van der Waals surface area contributed by atoms with Gasteiger partial charge in [0.05, 0.1) is 24.3 Å². The molecule has 6 nitrogen and oxygen atoms in total. The van der Waals surface area contributed by atoms with E-state index in [1.165, 1.54) is 0 Å². The summed E-state index contributed by atoms with van der Waals surface area (Å²) in [5.74, 6) is 0.777. The maximum Gasteiger partial charge on any atom is 0.253 e. The van der Waals surface area contributed by atoms with Crippen LogP contribution in [-0.4, -0.2) is 54.6 Å². The molecule has 0 unspecified atom stereocenters. The summed E-state index contributed by atoms with van der Waals surface area (Å²) < 4.78 is 5.84. The van der Waals surface area contributed by atoms with Gasteiger partial charge in [0.1, 0.15) is 0 Å². The highest BCUT2D eigenvalue weighted by molar-refractivity contribution is 5.94. The first-order valence-electron chi connectivity index (χ1n) is 8.55.